The molecule has 26 heavy (non-hydrogen) atoms. The van der Waals surface area contributed by atoms with Crippen LogP contribution in [-0.2, 0) is 11.3 Å². The van der Waals surface area contributed by atoms with Crippen LogP contribution >= 0.6 is 0 Å². The lowest BCUT2D eigenvalue weighted by molar-refractivity contribution is 0.123. The molecule has 5 heteroatoms. The molecule has 1 heterocycles. The van der Waals surface area contributed by atoms with Crippen molar-refractivity contribution >= 4 is 5.96 Å². The Kier molecular flexibility index (Phi) is 7.02. The lowest BCUT2D eigenvalue weighted by atomic mass is 10.1. The molecule has 2 aromatic rings. The minimum absolute atomic E-state index is 0.721. The second-order valence-electron chi connectivity index (χ2n) is 6.64. The fourth-order valence-electron chi connectivity index (χ4n) is 2.70. The van der Waals surface area contributed by atoms with Crippen LogP contribution in [-0.4, -0.2) is 37.7 Å². The highest BCUT2D eigenvalue weighted by atomic mass is 16.5. The Morgan fingerprint density at radius 2 is 2.12 bits per heavy atom. The third kappa shape index (κ3) is 6.15. The van der Waals surface area contributed by atoms with Crippen molar-refractivity contribution in [2.75, 3.05) is 26.8 Å². The molecule has 0 atom stereocenters. The molecule has 0 saturated heterocycles. The first-order chi connectivity index (χ1) is 12.8. The van der Waals surface area contributed by atoms with Gasteiger partial charge in [-0.2, -0.15) is 0 Å². The number of guanidine groups is 1. The minimum Gasteiger partial charge on any atom is -0.381 e. The van der Waals surface area contributed by atoms with Crippen molar-refractivity contribution in [3.05, 3.63) is 54.2 Å². The maximum absolute atomic E-state index is 5.65. The zero-order valence-electron chi connectivity index (χ0n) is 15.4. The summed E-state index contributed by atoms with van der Waals surface area (Å²) in [5.41, 5.74) is 3.31. The van der Waals surface area contributed by atoms with Gasteiger partial charge in [-0.05, 0) is 48.9 Å². The van der Waals surface area contributed by atoms with Gasteiger partial charge < -0.3 is 15.4 Å². The summed E-state index contributed by atoms with van der Waals surface area (Å²) in [5.74, 6) is 1.65. The van der Waals surface area contributed by atoms with Crippen molar-refractivity contribution in [1.82, 2.24) is 15.6 Å². The van der Waals surface area contributed by atoms with Crippen LogP contribution in [0.15, 0.2) is 53.7 Å². The lowest BCUT2D eigenvalue weighted by Crippen LogP contribution is -2.37. The lowest BCUT2D eigenvalue weighted by Gasteiger charge is -2.12. The van der Waals surface area contributed by atoms with E-state index in [1.807, 2.05) is 24.4 Å². The van der Waals surface area contributed by atoms with Crippen molar-refractivity contribution in [1.29, 1.82) is 0 Å². The summed E-state index contributed by atoms with van der Waals surface area (Å²) in [7, 11) is 1.79. The number of rotatable bonds is 9. The topological polar surface area (TPSA) is 58.5 Å². The zero-order chi connectivity index (χ0) is 18.0. The Morgan fingerprint density at radius 1 is 1.19 bits per heavy atom. The maximum atomic E-state index is 5.65. The number of nitrogens with one attached hydrogen (secondary N) is 2. The van der Waals surface area contributed by atoms with Gasteiger partial charge in [0, 0.05) is 45.1 Å². The van der Waals surface area contributed by atoms with Crippen LogP contribution in [0.5, 0.6) is 0 Å². The first-order valence-corrected chi connectivity index (χ1v) is 9.38. The van der Waals surface area contributed by atoms with Gasteiger partial charge in [0.2, 0.25) is 0 Å². The summed E-state index contributed by atoms with van der Waals surface area (Å²) in [6.07, 6.45) is 5.50. The fourth-order valence-corrected chi connectivity index (χ4v) is 2.70. The number of aliphatic imine (C=N–C) groups is 1. The van der Waals surface area contributed by atoms with Crippen LogP contribution < -0.4 is 10.6 Å². The summed E-state index contributed by atoms with van der Waals surface area (Å²) in [5, 5.41) is 6.70. The Bertz CT molecular complexity index is 698. The zero-order valence-corrected chi connectivity index (χ0v) is 15.4. The molecule has 0 amide bonds. The molecule has 1 fully saturated rings. The molecule has 0 radical (unpaired) electrons. The summed E-state index contributed by atoms with van der Waals surface area (Å²) >= 11 is 0. The number of ether oxygens (including phenoxy) is 1. The smallest absolute Gasteiger partial charge is 0.191 e. The number of nitrogens with zero attached hydrogens (tertiary/aromatic N) is 2. The number of aromatic nitrogens is 1. The molecule has 138 valence electrons. The number of pyridine rings is 1. The third-order valence-corrected chi connectivity index (χ3v) is 4.38. The highest BCUT2D eigenvalue weighted by Gasteiger charge is 2.20. The van der Waals surface area contributed by atoms with Crippen molar-refractivity contribution < 1.29 is 4.74 Å². The van der Waals surface area contributed by atoms with Gasteiger partial charge in [0.05, 0.1) is 5.69 Å². The molecule has 0 bridgehead atoms. The van der Waals surface area contributed by atoms with Gasteiger partial charge in [-0.3, -0.25) is 9.98 Å². The Hall–Kier alpha value is -2.40. The minimum atomic E-state index is 0.721. The van der Waals surface area contributed by atoms with E-state index in [4.69, 9.17) is 4.74 Å². The van der Waals surface area contributed by atoms with Crippen molar-refractivity contribution in [3.63, 3.8) is 0 Å². The van der Waals surface area contributed by atoms with E-state index in [0.29, 0.717) is 0 Å². The van der Waals surface area contributed by atoms with E-state index in [0.717, 1.165) is 55.9 Å². The van der Waals surface area contributed by atoms with Crippen molar-refractivity contribution in [2.24, 2.45) is 10.9 Å². The van der Waals surface area contributed by atoms with Gasteiger partial charge in [-0.1, -0.05) is 24.3 Å². The number of hydrogen-bond donors (Lipinski definition) is 2. The summed E-state index contributed by atoms with van der Waals surface area (Å²) in [4.78, 5) is 8.69. The quantitative estimate of drug-likeness (QED) is 0.413. The van der Waals surface area contributed by atoms with Gasteiger partial charge in [0.1, 0.15) is 0 Å². The maximum Gasteiger partial charge on any atom is 0.191 e. The largest absolute Gasteiger partial charge is 0.381 e. The predicted molar refractivity (Wildman–Crippen MR) is 106 cm³/mol. The molecule has 1 aliphatic rings. The number of benzene rings is 1. The van der Waals surface area contributed by atoms with Crippen LogP contribution in [0.1, 0.15) is 24.8 Å². The first-order valence-electron chi connectivity index (χ1n) is 9.38. The van der Waals surface area contributed by atoms with Crippen LogP contribution in [0.25, 0.3) is 11.3 Å². The molecule has 0 spiro atoms. The molecule has 0 unspecified atom stereocenters. The van der Waals surface area contributed by atoms with Gasteiger partial charge in [0.15, 0.2) is 5.96 Å². The van der Waals surface area contributed by atoms with Gasteiger partial charge in [0.25, 0.3) is 0 Å². The van der Waals surface area contributed by atoms with E-state index < -0.39 is 0 Å². The van der Waals surface area contributed by atoms with Gasteiger partial charge >= 0.3 is 0 Å². The molecule has 1 aromatic carbocycles. The monoisotopic (exact) mass is 352 g/mol. The molecular weight excluding hydrogens is 324 g/mol. The Balaban J connectivity index is 1.40. The van der Waals surface area contributed by atoms with Crippen LogP contribution in [0.4, 0.5) is 0 Å². The van der Waals surface area contributed by atoms with E-state index >= 15 is 0 Å². The normalized spacial score (nSPS) is 14.3. The molecule has 1 saturated carbocycles. The van der Waals surface area contributed by atoms with Crippen molar-refractivity contribution in [2.45, 2.75) is 25.8 Å². The van der Waals surface area contributed by atoms with Crippen LogP contribution in [0.3, 0.4) is 0 Å². The molecule has 1 aromatic heterocycles. The van der Waals surface area contributed by atoms with E-state index in [9.17, 15) is 0 Å². The molecule has 2 N–H and O–H groups in total. The Morgan fingerprint density at radius 3 is 2.88 bits per heavy atom. The standard InChI is InChI=1S/C21H28N4O/c1-22-21(24-12-5-13-26-16-17-9-10-17)25-15-18-6-4-7-19(14-18)20-8-2-3-11-23-20/h2-4,6-8,11,14,17H,5,9-10,12-13,15-16H2,1H3,(H2,22,24,25). The van der Waals surface area contributed by atoms with Crippen LogP contribution in [0, 0.1) is 5.92 Å². The first kappa shape index (κ1) is 18.4. The SMILES string of the molecule is CN=C(NCCCOCC1CC1)NCc1cccc(-c2ccccn2)c1. The van der Waals surface area contributed by atoms with E-state index in [1.165, 1.54) is 18.4 Å². The second-order valence-corrected chi connectivity index (χ2v) is 6.64. The fraction of sp³-hybridized carbons (Fsp3) is 0.429. The van der Waals surface area contributed by atoms with Gasteiger partial charge in [-0.15, -0.1) is 0 Å². The highest BCUT2D eigenvalue weighted by Crippen LogP contribution is 2.28. The van der Waals surface area contributed by atoms with E-state index in [-0.39, 0.29) is 0 Å². The Labute approximate surface area is 155 Å². The van der Waals surface area contributed by atoms with Crippen molar-refractivity contribution in [3.8, 4) is 11.3 Å². The van der Waals surface area contributed by atoms with Crippen LogP contribution in [0.2, 0.25) is 0 Å². The van der Waals surface area contributed by atoms with E-state index in [1.54, 1.807) is 7.05 Å². The van der Waals surface area contributed by atoms with Gasteiger partial charge in [-0.25, -0.2) is 0 Å². The second kappa shape index (κ2) is 9.92. The average molecular weight is 352 g/mol. The van der Waals surface area contributed by atoms with E-state index in [2.05, 4.69) is 44.9 Å². The molecule has 5 nitrogen and oxygen atoms in total. The molecule has 3 rings (SSSR count). The average Bonchev–Trinajstić information content (AvgIpc) is 3.52. The molecule has 1 aliphatic carbocycles. The number of hydrogen-bond acceptors (Lipinski definition) is 3. The molecule has 0 aliphatic heterocycles. The predicted octanol–water partition coefficient (Wildman–Crippen LogP) is 3.23. The molecular formula is C21H28N4O. The summed E-state index contributed by atoms with van der Waals surface area (Å²) in [6.45, 7) is 3.32. The highest BCUT2D eigenvalue weighted by molar-refractivity contribution is 5.79. The third-order valence-electron chi connectivity index (χ3n) is 4.38. The summed E-state index contributed by atoms with van der Waals surface area (Å²) in [6, 6.07) is 14.4. The summed E-state index contributed by atoms with van der Waals surface area (Å²) < 4.78 is 5.65.